The second kappa shape index (κ2) is 4.49. The topological polar surface area (TPSA) is 51.8 Å². The first kappa shape index (κ1) is 11.5. The molecule has 1 heterocycles. The van der Waals surface area contributed by atoms with Gasteiger partial charge in [0.1, 0.15) is 11.6 Å². The van der Waals surface area contributed by atoms with E-state index >= 15 is 0 Å². The Hall–Kier alpha value is -1.97. The number of hydrogen-bond acceptors (Lipinski definition) is 3. The van der Waals surface area contributed by atoms with Crippen molar-refractivity contribution in [2.75, 3.05) is 5.73 Å². The van der Waals surface area contributed by atoms with Gasteiger partial charge in [0, 0.05) is 17.8 Å². The summed E-state index contributed by atoms with van der Waals surface area (Å²) in [6.07, 6.45) is 0.451. The lowest BCUT2D eigenvalue weighted by atomic mass is 10.1. The zero-order chi connectivity index (χ0) is 12.4. The molecule has 2 N–H and O–H groups in total. The molecule has 0 aliphatic rings. The van der Waals surface area contributed by atoms with E-state index in [2.05, 4.69) is 9.97 Å². The van der Waals surface area contributed by atoms with Crippen LogP contribution in [0.3, 0.4) is 0 Å². The van der Waals surface area contributed by atoms with Gasteiger partial charge in [0.15, 0.2) is 0 Å². The molecule has 0 aliphatic carbocycles. The Morgan fingerprint density at radius 3 is 2.47 bits per heavy atom. The minimum atomic E-state index is -0.396. The van der Waals surface area contributed by atoms with Gasteiger partial charge < -0.3 is 5.73 Å². The Morgan fingerprint density at radius 2 is 1.82 bits per heavy atom. The molecule has 0 atom stereocenters. The van der Waals surface area contributed by atoms with Gasteiger partial charge in [-0.3, -0.25) is 0 Å². The SMILES string of the molecule is Cc1cc(C)nc(Cc2cccc(F)c2N)n1. The first-order valence-electron chi connectivity index (χ1n) is 5.40. The molecular weight excluding hydrogens is 217 g/mol. The predicted octanol–water partition coefficient (Wildman–Crippen LogP) is 2.41. The Balaban J connectivity index is 2.34. The Morgan fingerprint density at radius 1 is 1.18 bits per heavy atom. The summed E-state index contributed by atoms with van der Waals surface area (Å²) in [7, 11) is 0. The van der Waals surface area contributed by atoms with Crippen LogP contribution in [0.2, 0.25) is 0 Å². The molecule has 3 nitrogen and oxygen atoms in total. The van der Waals surface area contributed by atoms with Gasteiger partial charge >= 0.3 is 0 Å². The highest BCUT2D eigenvalue weighted by atomic mass is 19.1. The van der Waals surface area contributed by atoms with Gasteiger partial charge in [-0.2, -0.15) is 0 Å². The molecule has 2 rings (SSSR count). The van der Waals surface area contributed by atoms with Crippen LogP contribution in [0.1, 0.15) is 22.8 Å². The van der Waals surface area contributed by atoms with Crippen molar-refractivity contribution in [2.24, 2.45) is 0 Å². The molecule has 0 radical (unpaired) electrons. The van der Waals surface area contributed by atoms with Gasteiger partial charge in [0.25, 0.3) is 0 Å². The smallest absolute Gasteiger partial charge is 0.146 e. The molecule has 0 aliphatic heterocycles. The fraction of sp³-hybridized carbons (Fsp3) is 0.231. The first-order valence-corrected chi connectivity index (χ1v) is 5.40. The second-order valence-corrected chi connectivity index (χ2v) is 4.06. The summed E-state index contributed by atoms with van der Waals surface area (Å²) in [6, 6.07) is 6.68. The van der Waals surface area contributed by atoms with E-state index in [-0.39, 0.29) is 5.69 Å². The predicted molar refractivity (Wildman–Crippen MR) is 65.1 cm³/mol. The van der Waals surface area contributed by atoms with Gasteiger partial charge in [0.05, 0.1) is 5.69 Å². The summed E-state index contributed by atoms with van der Waals surface area (Å²) in [4.78, 5) is 8.62. The fourth-order valence-electron chi connectivity index (χ4n) is 1.78. The monoisotopic (exact) mass is 231 g/mol. The number of benzene rings is 1. The molecule has 0 amide bonds. The van der Waals surface area contributed by atoms with Crippen LogP contribution in [0.4, 0.5) is 10.1 Å². The molecule has 0 saturated heterocycles. The zero-order valence-corrected chi connectivity index (χ0v) is 9.87. The molecule has 1 aromatic heterocycles. The van der Waals surface area contributed by atoms with Crippen LogP contribution in [0.15, 0.2) is 24.3 Å². The molecule has 0 spiro atoms. The van der Waals surface area contributed by atoms with Crippen LogP contribution in [0.25, 0.3) is 0 Å². The normalized spacial score (nSPS) is 10.5. The first-order chi connectivity index (χ1) is 8.06. The largest absolute Gasteiger partial charge is 0.396 e. The highest BCUT2D eigenvalue weighted by Gasteiger charge is 2.07. The Labute approximate surface area is 99.5 Å². The number of nitrogens with zero attached hydrogens (tertiary/aromatic N) is 2. The lowest BCUT2D eigenvalue weighted by Gasteiger charge is -2.06. The summed E-state index contributed by atoms with van der Waals surface area (Å²) in [5.74, 6) is 0.270. The molecule has 2 aromatic rings. The third-order valence-corrected chi connectivity index (χ3v) is 2.52. The third-order valence-electron chi connectivity index (χ3n) is 2.52. The number of rotatable bonds is 2. The number of nitrogens with two attached hydrogens (primary N) is 1. The van der Waals surface area contributed by atoms with Crippen molar-refractivity contribution in [1.29, 1.82) is 0 Å². The number of aromatic nitrogens is 2. The van der Waals surface area contributed by atoms with Crippen molar-refractivity contribution < 1.29 is 4.39 Å². The van der Waals surface area contributed by atoms with Crippen molar-refractivity contribution in [3.05, 3.63) is 52.9 Å². The quantitative estimate of drug-likeness (QED) is 0.807. The summed E-state index contributed by atoms with van der Waals surface area (Å²) in [5.41, 5.74) is 8.38. The number of aryl methyl sites for hydroxylation is 2. The maximum Gasteiger partial charge on any atom is 0.146 e. The highest BCUT2D eigenvalue weighted by Crippen LogP contribution is 2.18. The minimum Gasteiger partial charge on any atom is -0.396 e. The molecule has 0 unspecified atom stereocenters. The van der Waals surface area contributed by atoms with Crippen LogP contribution in [0, 0.1) is 19.7 Å². The average Bonchev–Trinajstić information content (AvgIpc) is 2.23. The van der Waals surface area contributed by atoms with Gasteiger partial charge in [-0.15, -0.1) is 0 Å². The molecule has 1 aromatic carbocycles. The van der Waals surface area contributed by atoms with E-state index in [4.69, 9.17) is 5.73 Å². The lowest BCUT2D eigenvalue weighted by molar-refractivity contribution is 0.631. The summed E-state index contributed by atoms with van der Waals surface area (Å²) in [6.45, 7) is 3.82. The van der Waals surface area contributed by atoms with Crippen LogP contribution in [0.5, 0.6) is 0 Å². The fourth-order valence-corrected chi connectivity index (χ4v) is 1.78. The van der Waals surface area contributed by atoms with Crippen molar-refractivity contribution >= 4 is 5.69 Å². The maximum absolute atomic E-state index is 13.3. The Kier molecular flexibility index (Phi) is 3.04. The maximum atomic E-state index is 13.3. The number of halogens is 1. The number of hydrogen-bond donors (Lipinski definition) is 1. The molecule has 0 bridgehead atoms. The van der Waals surface area contributed by atoms with Gasteiger partial charge in [-0.25, -0.2) is 14.4 Å². The van der Waals surface area contributed by atoms with Crippen LogP contribution >= 0.6 is 0 Å². The van der Waals surface area contributed by atoms with Gasteiger partial charge in [-0.1, -0.05) is 12.1 Å². The highest BCUT2D eigenvalue weighted by molar-refractivity contribution is 5.49. The number of nitrogen functional groups attached to an aromatic ring is 1. The third kappa shape index (κ3) is 2.58. The summed E-state index contributed by atoms with van der Waals surface area (Å²) < 4.78 is 13.3. The molecular formula is C13H14FN3. The number of anilines is 1. The molecule has 0 saturated carbocycles. The minimum absolute atomic E-state index is 0.176. The zero-order valence-electron chi connectivity index (χ0n) is 9.87. The Bertz CT molecular complexity index is 532. The average molecular weight is 231 g/mol. The second-order valence-electron chi connectivity index (χ2n) is 4.06. The van der Waals surface area contributed by atoms with E-state index in [1.54, 1.807) is 12.1 Å². The van der Waals surface area contributed by atoms with Gasteiger partial charge in [0.2, 0.25) is 0 Å². The molecule has 0 fully saturated rings. The number of para-hydroxylation sites is 1. The van der Waals surface area contributed by atoms with E-state index in [1.807, 2.05) is 19.9 Å². The standard InChI is InChI=1S/C13H14FN3/c1-8-6-9(2)17-12(16-8)7-10-4-3-5-11(14)13(10)15/h3-6H,7,15H2,1-2H3. The van der Waals surface area contributed by atoms with Crippen molar-refractivity contribution in [1.82, 2.24) is 9.97 Å². The molecule has 4 heteroatoms. The van der Waals surface area contributed by atoms with Gasteiger partial charge in [-0.05, 0) is 31.5 Å². The van der Waals surface area contributed by atoms with Crippen molar-refractivity contribution in [3.63, 3.8) is 0 Å². The molecule has 17 heavy (non-hydrogen) atoms. The summed E-state index contributed by atoms with van der Waals surface area (Å²) >= 11 is 0. The summed E-state index contributed by atoms with van der Waals surface area (Å²) in [5, 5.41) is 0. The van der Waals surface area contributed by atoms with Crippen LogP contribution in [-0.2, 0) is 6.42 Å². The van der Waals surface area contributed by atoms with E-state index in [9.17, 15) is 4.39 Å². The van der Waals surface area contributed by atoms with E-state index < -0.39 is 5.82 Å². The van der Waals surface area contributed by atoms with E-state index in [0.29, 0.717) is 12.2 Å². The van der Waals surface area contributed by atoms with E-state index in [0.717, 1.165) is 17.0 Å². The molecule has 88 valence electrons. The van der Waals surface area contributed by atoms with Crippen molar-refractivity contribution in [3.8, 4) is 0 Å². The lowest BCUT2D eigenvalue weighted by Crippen LogP contribution is -2.03. The van der Waals surface area contributed by atoms with Crippen LogP contribution in [-0.4, -0.2) is 9.97 Å². The van der Waals surface area contributed by atoms with Crippen LogP contribution < -0.4 is 5.73 Å². The van der Waals surface area contributed by atoms with Crippen molar-refractivity contribution in [2.45, 2.75) is 20.3 Å². The van der Waals surface area contributed by atoms with E-state index in [1.165, 1.54) is 6.07 Å².